The smallest absolute Gasteiger partial charge is 0.229 e. The van der Waals surface area contributed by atoms with Gasteiger partial charge in [-0.15, -0.1) is 4.68 Å². The van der Waals surface area contributed by atoms with Gasteiger partial charge in [0.2, 0.25) is 5.69 Å². The number of hydrogen-bond acceptors (Lipinski definition) is 4. The zero-order valence-electron chi connectivity index (χ0n) is 16.1. The molecule has 0 saturated heterocycles. The molecular formula is C20H22Cl2N3O2S+. The normalized spacial score (nSPS) is 11.1. The van der Waals surface area contributed by atoms with E-state index >= 15 is 0 Å². The maximum atomic E-state index is 6.51. The van der Waals surface area contributed by atoms with Crippen molar-refractivity contribution in [1.29, 1.82) is 0 Å². The van der Waals surface area contributed by atoms with Gasteiger partial charge >= 0.3 is 0 Å². The fourth-order valence-electron chi connectivity index (χ4n) is 2.96. The lowest BCUT2D eigenvalue weighted by Crippen LogP contribution is -2.32. The zero-order valence-corrected chi connectivity index (χ0v) is 18.4. The summed E-state index contributed by atoms with van der Waals surface area (Å²) in [6.45, 7) is 4.48. The lowest BCUT2D eigenvalue weighted by molar-refractivity contribution is -0.732. The molecule has 0 aliphatic heterocycles. The standard InChI is InChI=1S/C20H21Cl2N3O2S/c1-12-19(13(2)25(3)23-12)24-27-28-20-17(21)9-15(10-18(20)22)16-8-6-5-7-14(16)11-26-4/h5-10,24H,11H2,1-4H3/p+1. The van der Waals surface area contributed by atoms with Crippen molar-refractivity contribution < 1.29 is 13.7 Å². The van der Waals surface area contributed by atoms with Crippen molar-refractivity contribution in [1.82, 2.24) is 5.10 Å². The van der Waals surface area contributed by atoms with Crippen molar-refractivity contribution in [2.24, 2.45) is 7.05 Å². The Morgan fingerprint density at radius 3 is 2.43 bits per heavy atom. The third kappa shape index (κ3) is 4.47. The second kappa shape index (κ2) is 9.20. The number of aromatic nitrogens is 2. The summed E-state index contributed by atoms with van der Waals surface area (Å²) >= 11 is 14.1. The quantitative estimate of drug-likeness (QED) is 0.285. The van der Waals surface area contributed by atoms with Crippen molar-refractivity contribution in [3.8, 4) is 11.1 Å². The minimum atomic E-state index is 0.516. The van der Waals surface area contributed by atoms with Crippen LogP contribution in [0.5, 0.6) is 0 Å². The molecule has 3 rings (SSSR count). The lowest BCUT2D eigenvalue weighted by atomic mass is 10.0. The van der Waals surface area contributed by atoms with Gasteiger partial charge in [-0.2, -0.15) is 9.38 Å². The lowest BCUT2D eigenvalue weighted by Gasteiger charge is -2.13. The molecule has 0 unspecified atom stereocenters. The fraction of sp³-hybridized carbons (Fsp3) is 0.250. The summed E-state index contributed by atoms with van der Waals surface area (Å²) in [6.07, 6.45) is 0. The van der Waals surface area contributed by atoms with Gasteiger partial charge in [0, 0.05) is 14.0 Å². The molecule has 2 N–H and O–H groups in total. The van der Waals surface area contributed by atoms with Crippen LogP contribution in [0.2, 0.25) is 10.0 Å². The van der Waals surface area contributed by atoms with Crippen molar-refractivity contribution in [3.63, 3.8) is 0 Å². The van der Waals surface area contributed by atoms with Gasteiger partial charge in [-0.1, -0.05) is 47.5 Å². The molecule has 5 nitrogen and oxygen atoms in total. The zero-order chi connectivity index (χ0) is 20.3. The van der Waals surface area contributed by atoms with E-state index in [-0.39, 0.29) is 0 Å². The van der Waals surface area contributed by atoms with Crippen molar-refractivity contribution >= 4 is 40.9 Å². The summed E-state index contributed by atoms with van der Waals surface area (Å²) in [5, 5.41) is 4.24. The van der Waals surface area contributed by atoms with E-state index < -0.39 is 0 Å². The summed E-state index contributed by atoms with van der Waals surface area (Å²) in [6, 6.07) is 11.8. The molecular weight excluding hydrogens is 417 g/mol. The number of anilines is 1. The first-order valence-electron chi connectivity index (χ1n) is 8.63. The minimum absolute atomic E-state index is 0.516. The van der Waals surface area contributed by atoms with Gasteiger partial charge in [0.25, 0.3) is 0 Å². The summed E-state index contributed by atoms with van der Waals surface area (Å²) in [7, 11) is 3.61. The summed E-state index contributed by atoms with van der Waals surface area (Å²) in [5.74, 6) is 0. The number of H-pyrrole nitrogens is 1. The number of rotatable bonds is 7. The van der Waals surface area contributed by atoms with Crippen LogP contribution in [-0.2, 0) is 22.7 Å². The number of ether oxygens (including phenoxy) is 1. The Bertz CT molecular complexity index is 969. The average molecular weight is 439 g/mol. The molecule has 148 valence electrons. The molecule has 2 aromatic carbocycles. The molecule has 28 heavy (non-hydrogen) atoms. The molecule has 0 fully saturated rings. The number of benzene rings is 2. The highest BCUT2D eigenvalue weighted by atomic mass is 35.5. The maximum absolute atomic E-state index is 6.51. The monoisotopic (exact) mass is 438 g/mol. The molecule has 0 aliphatic rings. The van der Waals surface area contributed by atoms with E-state index in [0.717, 1.165) is 45.8 Å². The highest BCUT2D eigenvalue weighted by molar-refractivity contribution is 7.95. The summed E-state index contributed by atoms with van der Waals surface area (Å²) < 4.78 is 12.8. The van der Waals surface area contributed by atoms with E-state index in [1.165, 1.54) is 0 Å². The van der Waals surface area contributed by atoms with Crippen LogP contribution in [0.4, 0.5) is 5.69 Å². The fourth-order valence-corrected chi connectivity index (χ4v) is 4.12. The van der Waals surface area contributed by atoms with Crippen LogP contribution < -0.4 is 10.2 Å². The molecule has 0 atom stereocenters. The molecule has 0 bridgehead atoms. The van der Waals surface area contributed by atoms with E-state index in [0.29, 0.717) is 21.5 Å². The molecule has 1 aromatic heterocycles. The van der Waals surface area contributed by atoms with E-state index in [1.807, 2.05) is 62.0 Å². The van der Waals surface area contributed by atoms with Crippen LogP contribution in [0.1, 0.15) is 17.0 Å². The molecule has 3 aromatic rings. The summed E-state index contributed by atoms with van der Waals surface area (Å²) in [4.78, 5) is 0.652. The summed E-state index contributed by atoms with van der Waals surface area (Å²) in [5.41, 5.74) is 8.88. The Morgan fingerprint density at radius 2 is 1.82 bits per heavy atom. The highest BCUT2D eigenvalue weighted by Gasteiger charge is 2.17. The molecule has 0 spiro atoms. The van der Waals surface area contributed by atoms with Gasteiger partial charge in [-0.05, 0) is 35.7 Å². The molecule has 8 heteroatoms. The predicted octanol–water partition coefficient (Wildman–Crippen LogP) is 5.63. The largest absolute Gasteiger partial charge is 0.380 e. The number of methoxy groups -OCH3 is 1. The Kier molecular flexibility index (Phi) is 6.91. The van der Waals surface area contributed by atoms with Crippen LogP contribution in [0.15, 0.2) is 41.3 Å². The Labute approximate surface area is 179 Å². The first-order valence-corrected chi connectivity index (χ1v) is 10.1. The number of nitrogens with one attached hydrogen (secondary N) is 2. The van der Waals surface area contributed by atoms with E-state index in [2.05, 4.69) is 10.6 Å². The molecule has 0 aliphatic carbocycles. The molecule has 0 saturated carbocycles. The third-order valence-electron chi connectivity index (χ3n) is 4.47. The van der Waals surface area contributed by atoms with Crippen LogP contribution in [0, 0.1) is 13.8 Å². The Morgan fingerprint density at radius 1 is 1.14 bits per heavy atom. The maximum Gasteiger partial charge on any atom is 0.229 e. The van der Waals surface area contributed by atoms with Crippen molar-refractivity contribution in [2.75, 3.05) is 12.6 Å². The number of hydrogen-bond donors (Lipinski definition) is 2. The van der Waals surface area contributed by atoms with Gasteiger partial charge < -0.3 is 4.74 Å². The first-order chi connectivity index (χ1) is 13.4. The average Bonchev–Trinajstić information content (AvgIpc) is 2.90. The molecule has 1 heterocycles. The SMILES string of the molecule is COCc1ccccc1-c1cc(Cl)c(SONc2c(C)[nH][n+](C)c2C)c(Cl)c1. The van der Waals surface area contributed by atoms with Crippen molar-refractivity contribution in [2.45, 2.75) is 25.3 Å². The van der Waals surface area contributed by atoms with E-state index in [1.54, 1.807) is 7.11 Å². The van der Waals surface area contributed by atoms with E-state index in [9.17, 15) is 0 Å². The molecule has 0 amide bonds. The topological polar surface area (TPSA) is 50.2 Å². The van der Waals surface area contributed by atoms with Gasteiger partial charge in [0.15, 0.2) is 12.7 Å². The predicted molar refractivity (Wildman–Crippen MR) is 115 cm³/mol. The van der Waals surface area contributed by atoms with Gasteiger partial charge in [0.1, 0.15) is 5.69 Å². The third-order valence-corrected chi connectivity index (χ3v) is 6.06. The van der Waals surface area contributed by atoms with Crippen LogP contribution >= 0.6 is 35.2 Å². The number of nitrogens with zero attached hydrogens (tertiary/aromatic N) is 1. The van der Waals surface area contributed by atoms with Crippen LogP contribution in [-0.4, -0.2) is 12.2 Å². The minimum Gasteiger partial charge on any atom is -0.380 e. The number of aryl methyl sites for hydroxylation is 2. The highest BCUT2D eigenvalue weighted by Crippen LogP contribution is 2.39. The number of aromatic amines is 1. The first kappa shape index (κ1) is 21.0. The van der Waals surface area contributed by atoms with Crippen molar-refractivity contribution in [3.05, 3.63) is 63.4 Å². The van der Waals surface area contributed by atoms with Crippen LogP contribution in [0.25, 0.3) is 11.1 Å². The second-order valence-corrected chi connectivity index (χ2v) is 7.94. The van der Waals surface area contributed by atoms with E-state index in [4.69, 9.17) is 32.2 Å². The van der Waals surface area contributed by atoms with Gasteiger partial charge in [-0.3, -0.25) is 0 Å². The van der Waals surface area contributed by atoms with Gasteiger partial charge in [0.05, 0.1) is 33.6 Å². The molecule has 0 radical (unpaired) electrons. The Balaban J connectivity index is 1.79. The Hall–Kier alpha value is -1.70. The van der Waals surface area contributed by atoms with Gasteiger partial charge in [-0.25, -0.2) is 5.48 Å². The van der Waals surface area contributed by atoms with Crippen LogP contribution in [0.3, 0.4) is 0 Å². The second-order valence-electron chi connectivity index (χ2n) is 6.38. The number of halogens is 2.